The van der Waals surface area contributed by atoms with Gasteiger partial charge in [0.25, 0.3) is 0 Å². The van der Waals surface area contributed by atoms with E-state index >= 15 is 0 Å². The largest absolute Gasteiger partial charge is 0.395 e. The zero-order valence-electron chi connectivity index (χ0n) is 9.58. The first-order valence-electron chi connectivity index (χ1n) is 5.57. The molecule has 3 aromatic rings. The molecule has 3 N–H and O–H groups in total. The molecule has 3 rings (SSSR count). The number of nitrogen functional groups attached to an aromatic ring is 1. The first-order chi connectivity index (χ1) is 8.79. The van der Waals surface area contributed by atoms with Gasteiger partial charge in [0.05, 0.1) is 17.6 Å². The van der Waals surface area contributed by atoms with Crippen LogP contribution >= 0.6 is 11.3 Å². The zero-order chi connectivity index (χ0) is 12.5. The van der Waals surface area contributed by atoms with Crippen LogP contribution in [0, 0.1) is 0 Å². The molecule has 0 amide bonds. The van der Waals surface area contributed by atoms with Gasteiger partial charge in [0.15, 0.2) is 11.0 Å². The summed E-state index contributed by atoms with van der Waals surface area (Å²) in [6.07, 6.45) is 0. The molecule has 2 heterocycles. The van der Waals surface area contributed by atoms with Gasteiger partial charge in [0.1, 0.15) is 5.69 Å². The van der Waals surface area contributed by atoms with E-state index < -0.39 is 0 Å². The maximum atomic E-state index is 9.18. The van der Waals surface area contributed by atoms with E-state index in [9.17, 15) is 5.11 Å². The number of aliphatic hydroxyl groups excluding tert-OH is 1. The van der Waals surface area contributed by atoms with Crippen molar-refractivity contribution in [3.8, 4) is 11.5 Å². The topological polar surface area (TPSA) is 77.0 Å². The van der Waals surface area contributed by atoms with E-state index in [0.717, 1.165) is 22.6 Å². The summed E-state index contributed by atoms with van der Waals surface area (Å²) in [6, 6.07) is 7.83. The highest BCUT2D eigenvalue weighted by atomic mass is 32.1. The number of para-hydroxylation sites is 2. The van der Waals surface area contributed by atoms with Crippen molar-refractivity contribution >= 4 is 27.5 Å². The molecule has 0 unspecified atom stereocenters. The fraction of sp³-hybridized carbons (Fsp3) is 0.167. The minimum atomic E-state index is 0.0625. The Bertz CT molecular complexity index is 688. The summed E-state index contributed by atoms with van der Waals surface area (Å²) >= 11 is 1.39. The van der Waals surface area contributed by atoms with E-state index in [1.54, 1.807) is 0 Å². The Balaban J connectivity index is 2.24. The Kier molecular flexibility index (Phi) is 2.73. The molecular formula is C12H12N4OS. The lowest BCUT2D eigenvalue weighted by Crippen LogP contribution is -2.04. The summed E-state index contributed by atoms with van der Waals surface area (Å²) in [4.78, 5) is 8.81. The second-order valence-corrected chi connectivity index (χ2v) is 4.76. The second-order valence-electron chi connectivity index (χ2n) is 3.87. The van der Waals surface area contributed by atoms with E-state index in [0.29, 0.717) is 11.7 Å². The third-order valence-corrected chi connectivity index (χ3v) is 3.40. The van der Waals surface area contributed by atoms with Crippen molar-refractivity contribution in [3.63, 3.8) is 0 Å². The molecule has 6 heteroatoms. The van der Waals surface area contributed by atoms with E-state index in [1.165, 1.54) is 11.3 Å². The van der Waals surface area contributed by atoms with Crippen LogP contribution in [0.4, 0.5) is 5.13 Å². The number of aromatic nitrogens is 3. The molecule has 0 radical (unpaired) electrons. The summed E-state index contributed by atoms with van der Waals surface area (Å²) < 4.78 is 1.96. The first kappa shape index (κ1) is 11.2. The van der Waals surface area contributed by atoms with Gasteiger partial charge in [-0.2, -0.15) is 0 Å². The van der Waals surface area contributed by atoms with Crippen molar-refractivity contribution in [2.24, 2.45) is 0 Å². The predicted molar refractivity (Wildman–Crippen MR) is 72.3 cm³/mol. The number of nitrogens with two attached hydrogens (primary N) is 1. The van der Waals surface area contributed by atoms with Gasteiger partial charge in [-0.15, -0.1) is 11.3 Å². The van der Waals surface area contributed by atoms with Crippen LogP contribution in [-0.2, 0) is 6.54 Å². The monoisotopic (exact) mass is 260 g/mol. The fourth-order valence-corrected chi connectivity index (χ4v) is 2.53. The molecule has 2 aromatic heterocycles. The molecular weight excluding hydrogens is 248 g/mol. The Hall–Kier alpha value is -1.92. The van der Waals surface area contributed by atoms with E-state index in [1.807, 2.05) is 34.2 Å². The zero-order valence-corrected chi connectivity index (χ0v) is 10.4. The van der Waals surface area contributed by atoms with Crippen molar-refractivity contribution in [1.29, 1.82) is 0 Å². The quantitative estimate of drug-likeness (QED) is 0.752. The predicted octanol–water partition coefficient (Wildman–Crippen LogP) is 1.73. The van der Waals surface area contributed by atoms with Crippen LogP contribution in [0.15, 0.2) is 29.6 Å². The molecule has 0 bridgehead atoms. The number of nitrogens with zero attached hydrogens (tertiary/aromatic N) is 3. The third-order valence-electron chi connectivity index (χ3n) is 2.73. The summed E-state index contributed by atoms with van der Waals surface area (Å²) in [7, 11) is 0. The number of hydrogen-bond donors (Lipinski definition) is 2. The molecule has 0 saturated heterocycles. The van der Waals surface area contributed by atoms with Crippen molar-refractivity contribution in [2.45, 2.75) is 6.54 Å². The summed E-state index contributed by atoms with van der Waals surface area (Å²) in [5, 5.41) is 11.6. The minimum Gasteiger partial charge on any atom is -0.395 e. The van der Waals surface area contributed by atoms with Crippen molar-refractivity contribution < 1.29 is 5.11 Å². The van der Waals surface area contributed by atoms with Crippen LogP contribution in [0.3, 0.4) is 0 Å². The molecule has 0 aliphatic carbocycles. The summed E-state index contributed by atoms with van der Waals surface area (Å²) in [5.74, 6) is 0.748. The Morgan fingerprint density at radius 3 is 2.83 bits per heavy atom. The van der Waals surface area contributed by atoms with Crippen molar-refractivity contribution in [3.05, 3.63) is 29.6 Å². The molecule has 5 nitrogen and oxygen atoms in total. The van der Waals surface area contributed by atoms with Gasteiger partial charge in [0, 0.05) is 11.9 Å². The number of anilines is 1. The maximum absolute atomic E-state index is 9.18. The first-order valence-corrected chi connectivity index (χ1v) is 6.45. The van der Waals surface area contributed by atoms with Gasteiger partial charge in [-0.3, -0.25) is 0 Å². The van der Waals surface area contributed by atoms with Gasteiger partial charge in [-0.1, -0.05) is 12.1 Å². The van der Waals surface area contributed by atoms with Crippen LogP contribution in [0.2, 0.25) is 0 Å². The Morgan fingerprint density at radius 2 is 2.11 bits per heavy atom. The van der Waals surface area contributed by atoms with Gasteiger partial charge in [-0.05, 0) is 12.1 Å². The van der Waals surface area contributed by atoms with Crippen molar-refractivity contribution in [1.82, 2.24) is 14.5 Å². The highest BCUT2D eigenvalue weighted by Crippen LogP contribution is 2.26. The molecule has 92 valence electrons. The molecule has 18 heavy (non-hydrogen) atoms. The lowest BCUT2D eigenvalue weighted by Gasteiger charge is -2.04. The molecule has 0 atom stereocenters. The van der Waals surface area contributed by atoms with Crippen LogP contribution in [-0.4, -0.2) is 26.2 Å². The van der Waals surface area contributed by atoms with Gasteiger partial charge >= 0.3 is 0 Å². The summed E-state index contributed by atoms with van der Waals surface area (Å²) in [5.41, 5.74) is 8.30. The number of fused-ring (bicyclic) bond motifs is 1. The minimum absolute atomic E-state index is 0.0625. The molecule has 0 aliphatic rings. The number of imidazole rings is 1. The van der Waals surface area contributed by atoms with Crippen LogP contribution in [0.1, 0.15) is 0 Å². The van der Waals surface area contributed by atoms with Gasteiger partial charge in [0.2, 0.25) is 0 Å². The third kappa shape index (κ3) is 1.75. The van der Waals surface area contributed by atoms with Gasteiger partial charge < -0.3 is 15.4 Å². The Labute approximate surface area is 108 Å². The van der Waals surface area contributed by atoms with Crippen LogP contribution < -0.4 is 5.73 Å². The lowest BCUT2D eigenvalue weighted by molar-refractivity contribution is 0.278. The number of thiazole rings is 1. The van der Waals surface area contributed by atoms with Gasteiger partial charge in [-0.25, -0.2) is 9.97 Å². The number of aliphatic hydroxyl groups is 1. The molecule has 0 spiro atoms. The molecule has 1 aromatic carbocycles. The highest BCUT2D eigenvalue weighted by molar-refractivity contribution is 7.13. The molecule has 0 aliphatic heterocycles. The SMILES string of the molecule is Nc1nc(-c2nc3ccccc3n2CCO)cs1. The Morgan fingerprint density at radius 1 is 1.28 bits per heavy atom. The smallest absolute Gasteiger partial charge is 0.180 e. The molecule has 0 fully saturated rings. The second kappa shape index (κ2) is 4.40. The fourth-order valence-electron chi connectivity index (χ4n) is 1.99. The highest BCUT2D eigenvalue weighted by Gasteiger charge is 2.14. The van der Waals surface area contributed by atoms with E-state index in [4.69, 9.17) is 5.73 Å². The normalized spacial score (nSPS) is 11.2. The average Bonchev–Trinajstić information content (AvgIpc) is 2.95. The van der Waals surface area contributed by atoms with E-state index in [-0.39, 0.29) is 6.61 Å². The number of benzene rings is 1. The molecule has 0 saturated carbocycles. The number of hydrogen-bond acceptors (Lipinski definition) is 5. The van der Waals surface area contributed by atoms with E-state index in [2.05, 4.69) is 9.97 Å². The maximum Gasteiger partial charge on any atom is 0.180 e. The lowest BCUT2D eigenvalue weighted by atomic mass is 10.3. The average molecular weight is 260 g/mol. The number of rotatable bonds is 3. The standard InChI is InChI=1S/C12H12N4OS/c13-12-15-9(7-18-12)11-14-8-3-1-2-4-10(8)16(11)5-6-17/h1-4,7,17H,5-6H2,(H2,13,15). The van der Waals surface area contributed by atoms with Crippen LogP contribution in [0.25, 0.3) is 22.6 Å². The van der Waals surface area contributed by atoms with Crippen molar-refractivity contribution in [2.75, 3.05) is 12.3 Å². The summed E-state index contributed by atoms with van der Waals surface area (Å²) in [6.45, 7) is 0.556. The van der Waals surface area contributed by atoms with Crippen LogP contribution in [0.5, 0.6) is 0 Å².